The summed E-state index contributed by atoms with van der Waals surface area (Å²) in [5.41, 5.74) is 1.64. The molecule has 0 radical (unpaired) electrons. The maximum atomic E-state index is 12.4. The molecule has 0 bridgehead atoms. The van der Waals surface area contributed by atoms with Gasteiger partial charge in [-0.3, -0.25) is 4.90 Å². The van der Waals surface area contributed by atoms with Crippen molar-refractivity contribution in [3.8, 4) is 0 Å². The van der Waals surface area contributed by atoms with Crippen LogP contribution in [0.4, 0.5) is 4.79 Å². The molecule has 1 amide bonds. The third kappa shape index (κ3) is 5.94. The first-order valence-electron chi connectivity index (χ1n) is 8.34. The third-order valence-electron chi connectivity index (χ3n) is 3.88. The average molecular weight is 386 g/mol. The minimum absolute atomic E-state index is 0.0874. The molecule has 1 aromatic carbocycles. The van der Waals surface area contributed by atoms with E-state index in [1.165, 1.54) is 5.56 Å². The Hall–Kier alpha value is -1.17. The van der Waals surface area contributed by atoms with Crippen LogP contribution in [0.25, 0.3) is 0 Å². The lowest BCUT2D eigenvalue weighted by Gasteiger charge is -2.25. The summed E-state index contributed by atoms with van der Waals surface area (Å²) in [6.45, 7) is 6.83. The zero-order valence-corrected chi connectivity index (χ0v) is 17.0. The van der Waals surface area contributed by atoms with Crippen molar-refractivity contribution in [2.24, 2.45) is 0 Å². The number of sulfonamides is 1. The Balaban J connectivity index is 2.04. The van der Waals surface area contributed by atoms with Gasteiger partial charge in [0.05, 0.1) is 12.3 Å². The first-order valence-corrected chi connectivity index (χ1v) is 10.8. The number of hydrogen-bond acceptors (Lipinski definition) is 5. The molecule has 0 spiro atoms. The summed E-state index contributed by atoms with van der Waals surface area (Å²) in [5, 5.41) is 0. The van der Waals surface area contributed by atoms with Gasteiger partial charge in [-0.25, -0.2) is 17.5 Å². The molecule has 1 aliphatic heterocycles. The minimum atomic E-state index is -3.65. The SMILES string of the molecule is CC(C)(C)OC(=O)N1CCN(Cc2ccc(CP)cc2)CCS1(=O)=O. The Bertz CT molecular complexity index is 698. The summed E-state index contributed by atoms with van der Waals surface area (Å²) >= 11 is 0. The van der Waals surface area contributed by atoms with Gasteiger partial charge in [0, 0.05) is 19.6 Å². The second-order valence-electron chi connectivity index (χ2n) is 7.17. The Kier molecular flexibility index (Phi) is 6.46. The quantitative estimate of drug-likeness (QED) is 0.747. The number of amides is 1. The highest BCUT2D eigenvalue weighted by atomic mass is 32.2. The molecule has 1 aromatic rings. The first-order chi connectivity index (χ1) is 11.6. The van der Waals surface area contributed by atoms with Crippen LogP contribution in [0.15, 0.2) is 24.3 Å². The summed E-state index contributed by atoms with van der Waals surface area (Å²) in [5.74, 6) is -0.0874. The zero-order chi connectivity index (χ0) is 18.7. The monoisotopic (exact) mass is 386 g/mol. The lowest BCUT2D eigenvalue weighted by atomic mass is 10.1. The Labute approximate surface area is 152 Å². The summed E-state index contributed by atoms with van der Waals surface area (Å²) < 4.78 is 30.9. The molecule has 0 saturated carbocycles. The topological polar surface area (TPSA) is 66.9 Å². The van der Waals surface area contributed by atoms with Crippen molar-refractivity contribution in [1.29, 1.82) is 0 Å². The second kappa shape index (κ2) is 8.02. The van der Waals surface area contributed by atoms with Crippen LogP contribution in [0.5, 0.6) is 0 Å². The van der Waals surface area contributed by atoms with Crippen LogP contribution in [0, 0.1) is 0 Å². The number of ether oxygens (including phenoxy) is 1. The number of carbonyl (C=O) groups excluding carboxylic acids is 1. The van der Waals surface area contributed by atoms with Crippen LogP contribution < -0.4 is 0 Å². The molecule has 1 aliphatic rings. The molecule has 0 aliphatic carbocycles. The van der Waals surface area contributed by atoms with Crippen molar-refractivity contribution in [3.63, 3.8) is 0 Å². The molecular weight excluding hydrogens is 359 g/mol. The Morgan fingerprint density at radius 1 is 1.12 bits per heavy atom. The third-order valence-corrected chi connectivity index (χ3v) is 6.06. The number of hydrogen-bond donors (Lipinski definition) is 0. The fraction of sp³-hybridized carbons (Fsp3) is 0.588. The van der Waals surface area contributed by atoms with E-state index in [0.29, 0.717) is 19.6 Å². The van der Waals surface area contributed by atoms with Gasteiger partial charge < -0.3 is 4.74 Å². The van der Waals surface area contributed by atoms with Gasteiger partial charge in [0.1, 0.15) is 5.60 Å². The van der Waals surface area contributed by atoms with Crippen molar-refractivity contribution in [3.05, 3.63) is 35.4 Å². The van der Waals surface area contributed by atoms with Crippen molar-refractivity contribution < 1.29 is 17.9 Å². The van der Waals surface area contributed by atoms with E-state index in [2.05, 4.69) is 38.4 Å². The Morgan fingerprint density at radius 3 is 2.28 bits per heavy atom. The lowest BCUT2D eigenvalue weighted by Crippen LogP contribution is -2.42. The molecule has 6 nitrogen and oxygen atoms in total. The molecule has 1 saturated heterocycles. The van der Waals surface area contributed by atoms with Gasteiger partial charge >= 0.3 is 6.09 Å². The highest BCUT2D eigenvalue weighted by molar-refractivity contribution is 7.89. The first kappa shape index (κ1) is 20.1. The van der Waals surface area contributed by atoms with Gasteiger partial charge in [-0.15, -0.1) is 9.24 Å². The highest BCUT2D eigenvalue weighted by Gasteiger charge is 2.34. The number of benzene rings is 1. The van der Waals surface area contributed by atoms with Crippen LogP contribution >= 0.6 is 9.24 Å². The molecule has 1 fully saturated rings. The normalized spacial score (nSPS) is 18.6. The fourth-order valence-corrected chi connectivity index (χ4v) is 4.16. The van der Waals surface area contributed by atoms with E-state index in [1.54, 1.807) is 20.8 Å². The number of nitrogens with zero attached hydrogens (tertiary/aromatic N) is 2. The molecule has 0 aromatic heterocycles. The number of carbonyl (C=O) groups is 1. The van der Waals surface area contributed by atoms with Gasteiger partial charge in [-0.2, -0.15) is 0 Å². The van der Waals surface area contributed by atoms with Crippen LogP contribution in [-0.2, 0) is 27.5 Å². The Morgan fingerprint density at radius 2 is 1.72 bits per heavy atom. The largest absolute Gasteiger partial charge is 0.443 e. The maximum absolute atomic E-state index is 12.4. The summed E-state index contributed by atoms with van der Waals surface area (Å²) in [6.07, 6.45) is 0.117. The molecule has 1 heterocycles. The van der Waals surface area contributed by atoms with Gasteiger partial charge in [0.2, 0.25) is 10.0 Å². The van der Waals surface area contributed by atoms with Gasteiger partial charge in [0.15, 0.2) is 0 Å². The van der Waals surface area contributed by atoms with E-state index in [1.807, 2.05) is 0 Å². The minimum Gasteiger partial charge on any atom is -0.443 e. The zero-order valence-electron chi connectivity index (χ0n) is 15.1. The lowest BCUT2D eigenvalue weighted by molar-refractivity contribution is 0.0386. The second-order valence-corrected chi connectivity index (χ2v) is 9.59. The van der Waals surface area contributed by atoms with Crippen molar-refractivity contribution in [1.82, 2.24) is 9.21 Å². The standard InChI is InChI=1S/C17H27N2O4PS/c1-17(2,3)23-16(20)19-9-8-18(10-11-25(19,21)22)12-14-4-6-15(13-24)7-5-14/h4-7H,8-13,24H2,1-3H3. The fourth-order valence-electron chi connectivity index (χ4n) is 2.55. The van der Waals surface area contributed by atoms with Crippen molar-refractivity contribution in [2.45, 2.75) is 39.1 Å². The smallest absolute Gasteiger partial charge is 0.424 e. The molecule has 25 heavy (non-hydrogen) atoms. The molecule has 140 valence electrons. The van der Waals surface area contributed by atoms with E-state index in [4.69, 9.17) is 4.74 Å². The van der Waals surface area contributed by atoms with E-state index >= 15 is 0 Å². The average Bonchev–Trinajstić information content (AvgIpc) is 2.65. The predicted molar refractivity (Wildman–Crippen MR) is 102 cm³/mol. The summed E-state index contributed by atoms with van der Waals surface area (Å²) in [7, 11) is -0.961. The van der Waals surface area contributed by atoms with Gasteiger partial charge in [0.25, 0.3) is 0 Å². The van der Waals surface area contributed by atoms with Gasteiger partial charge in [-0.1, -0.05) is 24.3 Å². The maximum Gasteiger partial charge on any atom is 0.424 e. The van der Waals surface area contributed by atoms with E-state index in [9.17, 15) is 13.2 Å². The van der Waals surface area contributed by atoms with Crippen LogP contribution in [0.2, 0.25) is 0 Å². The predicted octanol–water partition coefficient (Wildman–Crippen LogP) is 2.44. The van der Waals surface area contributed by atoms with Crippen LogP contribution in [-0.4, -0.2) is 54.7 Å². The molecule has 2 rings (SSSR count). The molecule has 0 N–H and O–H groups in total. The molecular formula is C17H27N2O4PS. The number of rotatable bonds is 3. The molecule has 1 atom stereocenters. The van der Waals surface area contributed by atoms with Crippen LogP contribution in [0.3, 0.4) is 0 Å². The van der Waals surface area contributed by atoms with E-state index in [-0.39, 0.29) is 12.3 Å². The summed E-state index contributed by atoms with van der Waals surface area (Å²) in [6, 6.07) is 8.27. The van der Waals surface area contributed by atoms with Crippen molar-refractivity contribution >= 4 is 25.4 Å². The van der Waals surface area contributed by atoms with E-state index < -0.39 is 21.7 Å². The van der Waals surface area contributed by atoms with Gasteiger partial charge in [-0.05, 0) is 38.1 Å². The van der Waals surface area contributed by atoms with Crippen molar-refractivity contribution in [2.75, 3.05) is 25.4 Å². The van der Waals surface area contributed by atoms with E-state index in [0.717, 1.165) is 16.0 Å². The van der Waals surface area contributed by atoms with Crippen LogP contribution in [0.1, 0.15) is 31.9 Å². The molecule has 8 heteroatoms. The highest BCUT2D eigenvalue weighted by Crippen LogP contribution is 2.17. The summed E-state index contributed by atoms with van der Waals surface area (Å²) in [4.78, 5) is 14.3. The molecule has 1 unspecified atom stereocenters.